The monoisotopic (exact) mass is 335 g/mol. The molecular formula is C16H21N3O3S. The lowest BCUT2D eigenvalue weighted by Crippen LogP contribution is -2.42. The van der Waals surface area contributed by atoms with Crippen LogP contribution in [0.15, 0.2) is 24.3 Å². The number of hydrogen-bond acceptors (Lipinski definition) is 4. The van der Waals surface area contributed by atoms with Crippen molar-refractivity contribution in [2.24, 2.45) is 5.92 Å². The lowest BCUT2D eigenvalue weighted by atomic mass is 10.00. The fraction of sp³-hybridized carbons (Fsp3) is 0.500. The molecule has 2 heterocycles. The van der Waals surface area contributed by atoms with E-state index in [0.717, 1.165) is 23.9 Å². The van der Waals surface area contributed by atoms with Crippen molar-refractivity contribution >= 4 is 26.8 Å². The van der Waals surface area contributed by atoms with E-state index in [2.05, 4.69) is 9.97 Å². The number of aromatic amines is 1. The minimum Gasteiger partial charge on any atom is -0.342 e. The molecule has 1 fully saturated rings. The number of para-hydroxylation sites is 2. The van der Waals surface area contributed by atoms with Gasteiger partial charge in [-0.1, -0.05) is 12.1 Å². The number of aromatic nitrogens is 2. The summed E-state index contributed by atoms with van der Waals surface area (Å²) in [5, 5.41) is 0. The number of H-pyrrole nitrogens is 1. The number of carbonyl (C=O) groups is 1. The van der Waals surface area contributed by atoms with Crippen LogP contribution in [0, 0.1) is 5.92 Å². The molecule has 2 aromatic rings. The molecule has 1 N–H and O–H groups in total. The van der Waals surface area contributed by atoms with E-state index >= 15 is 0 Å². The summed E-state index contributed by atoms with van der Waals surface area (Å²) in [6, 6.07) is 7.67. The molecule has 3 rings (SSSR count). The molecule has 0 saturated carbocycles. The van der Waals surface area contributed by atoms with Gasteiger partial charge in [0.25, 0.3) is 0 Å². The van der Waals surface area contributed by atoms with Crippen LogP contribution in [0.2, 0.25) is 0 Å². The zero-order chi connectivity index (χ0) is 16.4. The highest BCUT2D eigenvalue weighted by molar-refractivity contribution is 7.90. The predicted octanol–water partition coefficient (Wildman–Crippen LogP) is 1.39. The first-order chi connectivity index (χ1) is 10.9. The minimum absolute atomic E-state index is 0.00209. The van der Waals surface area contributed by atoms with Crippen molar-refractivity contribution in [1.29, 1.82) is 0 Å². The maximum absolute atomic E-state index is 12.5. The van der Waals surface area contributed by atoms with Gasteiger partial charge in [-0.15, -0.1) is 0 Å². The van der Waals surface area contributed by atoms with Crippen LogP contribution in [0.5, 0.6) is 0 Å². The number of piperidine rings is 1. The molecule has 124 valence electrons. The molecule has 0 unspecified atom stereocenters. The van der Waals surface area contributed by atoms with E-state index in [1.807, 2.05) is 24.3 Å². The van der Waals surface area contributed by atoms with Crippen molar-refractivity contribution < 1.29 is 13.2 Å². The molecule has 1 atom stereocenters. The average Bonchev–Trinajstić information content (AvgIpc) is 2.87. The quantitative estimate of drug-likeness (QED) is 0.915. The zero-order valence-electron chi connectivity index (χ0n) is 13.2. The highest BCUT2D eigenvalue weighted by Crippen LogP contribution is 2.19. The lowest BCUT2D eigenvalue weighted by Gasteiger charge is -2.32. The van der Waals surface area contributed by atoms with E-state index in [1.54, 1.807) is 4.90 Å². The summed E-state index contributed by atoms with van der Waals surface area (Å²) in [5.74, 6) is 0.851. The number of imidazole rings is 1. The number of hydrogen-bond donors (Lipinski definition) is 1. The Bertz CT molecular complexity index is 780. The van der Waals surface area contributed by atoms with Crippen LogP contribution in [-0.2, 0) is 21.1 Å². The van der Waals surface area contributed by atoms with Gasteiger partial charge in [0.15, 0.2) is 0 Å². The van der Waals surface area contributed by atoms with Crippen LogP contribution in [0.1, 0.15) is 18.7 Å². The number of amides is 1. The van der Waals surface area contributed by atoms with Gasteiger partial charge in [-0.25, -0.2) is 13.4 Å². The molecule has 0 radical (unpaired) electrons. The van der Waals surface area contributed by atoms with E-state index in [-0.39, 0.29) is 24.0 Å². The van der Waals surface area contributed by atoms with Gasteiger partial charge in [0.2, 0.25) is 5.91 Å². The summed E-state index contributed by atoms with van der Waals surface area (Å²) in [4.78, 5) is 21.8. The summed E-state index contributed by atoms with van der Waals surface area (Å²) in [6.45, 7) is 1.21. The number of nitrogens with one attached hydrogen (secondary N) is 1. The van der Waals surface area contributed by atoms with Crippen LogP contribution in [-0.4, -0.2) is 54.3 Å². The molecule has 6 nitrogen and oxygen atoms in total. The first-order valence-corrected chi connectivity index (χ1v) is 9.86. The van der Waals surface area contributed by atoms with E-state index < -0.39 is 9.84 Å². The third kappa shape index (κ3) is 4.10. The summed E-state index contributed by atoms with van der Waals surface area (Å²) >= 11 is 0. The Morgan fingerprint density at radius 1 is 1.39 bits per heavy atom. The Morgan fingerprint density at radius 3 is 2.91 bits per heavy atom. The molecule has 0 spiro atoms. The van der Waals surface area contributed by atoms with E-state index in [1.165, 1.54) is 6.26 Å². The van der Waals surface area contributed by atoms with Crippen LogP contribution < -0.4 is 0 Å². The number of benzene rings is 1. The molecule has 7 heteroatoms. The lowest BCUT2D eigenvalue weighted by molar-refractivity contribution is -0.132. The van der Waals surface area contributed by atoms with Crippen molar-refractivity contribution in [3.05, 3.63) is 30.1 Å². The van der Waals surface area contributed by atoms with Crippen LogP contribution in [0.3, 0.4) is 0 Å². The Balaban J connectivity index is 1.65. The van der Waals surface area contributed by atoms with Gasteiger partial charge in [-0.05, 0) is 30.9 Å². The second kappa shape index (κ2) is 6.31. The minimum atomic E-state index is -3.01. The number of rotatable bonds is 4. The van der Waals surface area contributed by atoms with E-state index in [4.69, 9.17) is 0 Å². The van der Waals surface area contributed by atoms with E-state index in [0.29, 0.717) is 18.9 Å². The van der Waals surface area contributed by atoms with Gasteiger partial charge in [0.05, 0.1) is 23.2 Å². The topological polar surface area (TPSA) is 83.1 Å². The number of carbonyl (C=O) groups excluding carboxylic acids is 1. The van der Waals surface area contributed by atoms with Crippen LogP contribution in [0.25, 0.3) is 11.0 Å². The highest BCUT2D eigenvalue weighted by atomic mass is 32.2. The van der Waals surface area contributed by atoms with Gasteiger partial charge >= 0.3 is 0 Å². The molecule has 0 bridgehead atoms. The maximum Gasteiger partial charge on any atom is 0.230 e. The number of sulfone groups is 1. The SMILES string of the molecule is CS(=O)(=O)C[C@@H]1CCCN(C(=O)Cc2nc3ccccc3[nH]2)C1. The van der Waals surface area contributed by atoms with Gasteiger partial charge in [-0.2, -0.15) is 0 Å². The first kappa shape index (κ1) is 16.0. The molecule has 1 aromatic heterocycles. The normalized spacial score (nSPS) is 19.2. The number of nitrogens with zero attached hydrogens (tertiary/aromatic N) is 2. The standard InChI is InChI=1S/C16H21N3O3S/c1-23(21,22)11-12-5-4-8-19(10-12)16(20)9-15-17-13-6-2-3-7-14(13)18-15/h2-3,6-7,12H,4-5,8-11H2,1H3,(H,17,18)/t12-/m1/s1. The maximum atomic E-state index is 12.5. The first-order valence-electron chi connectivity index (χ1n) is 7.80. The number of fused-ring (bicyclic) bond motifs is 1. The Kier molecular flexibility index (Phi) is 4.39. The molecule has 1 amide bonds. The Labute approximate surface area is 135 Å². The van der Waals surface area contributed by atoms with Crippen LogP contribution >= 0.6 is 0 Å². The average molecular weight is 335 g/mol. The molecule has 23 heavy (non-hydrogen) atoms. The van der Waals surface area contributed by atoms with Gasteiger partial charge in [0.1, 0.15) is 15.7 Å². The van der Waals surface area contributed by atoms with Crippen molar-refractivity contribution in [3.63, 3.8) is 0 Å². The Morgan fingerprint density at radius 2 is 2.17 bits per heavy atom. The van der Waals surface area contributed by atoms with Gasteiger partial charge in [0, 0.05) is 19.3 Å². The smallest absolute Gasteiger partial charge is 0.230 e. The third-order valence-corrected chi connectivity index (χ3v) is 5.24. The van der Waals surface area contributed by atoms with Crippen LogP contribution in [0.4, 0.5) is 0 Å². The second-order valence-corrected chi connectivity index (χ2v) is 8.50. The molecule has 0 aliphatic carbocycles. The summed E-state index contributed by atoms with van der Waals surface area (Å²) in [7, 11) is -3.01. The number of likely N-dealkylation sites (tertiary alicyclic amines) is 1. The zero-order valence-corrected chi connectivity index (χ0v) is 14.0. The summed E-state index contributed by atoms with van der Waals surface area (Å²) in [6.07, 6.45) is 3.19. The summed E-state index contributed by atoms with van der Waals surface area (Å²) in [5.41, 5.74) is 1.77. The van der Waals surface area contributed by atoms with Gasteiger partial charge in [-0.3, -0.25) is 4.79 Å². The highest BCUT2D eigenvalue weighted by Gasteiger charge is 2.26. The molecule has 1 aliphatic rings. The predicted molar refractivity (Wildman–Crippen MR) is 88.8 cm³/mol. The summed E-state index contributed by atoms with van der Waals surface area (Å²) < 4.78 is 22.9. The van der Waals surface area contributed by atoms with E-state index in [9.17, 15) is 13.2 Å². The van der Waals surface area contributed by atoms with Crippen molar-refractivity contribution in [2.45, 2.75) is 19.3 Å². The largest absolute Gasteiger partial charge is 0.342 e. The fourth-order valence-corrected chi connectivity index (χ4v) is 4.33. The molecule has 1 aromatic carbocycles. The molecule has 1 saturated heterocycles. The molecular weight excluding hydrogens is 314 g/mol. The van der Waals surface area contributed by atoms with Crippen molar-refractivity contribution in [2.75, 3.05) is 25.1 Å². The fourth-order valence-electron chi connectivity index (χ4n) is 3.20. The van der Waals surface area contributed by atoms with Crippen molar-refractivity contribution in [3.8, 4) is 0 Å². The van der Waals surface area contributed by atoms with Crippen molar-refractivity contribution in [1.82, 2.24) is 14.9 Å². The third-order valence-electron chi connectivity index (χ3n) is 4.17. The van der Waals surface area contributed by atoms with Gasteiger partial charge < -0.3 is 9.88 Å². The second-order valence-electron chi connectivity index (χ2n) is 6.32. The molecule has 1 aliphatic heterocycles. The Hall–Kier alpha value is -1.89.